The second kappa shape index (κ2) is 11.0. The van der Waals surface area contributed by atoms with Crippen molar-refractivity contribution in [2.24, 2.45) is 10.9 Å². The highest BCUT2D eigenvalue weighted by Gasteiger charge is 2.32. The summed E-state index contributed by atoms with van der Waals surface area (Å²) in [7, 11) is 2.25. The number of likely N-dealkylation sites (tertiary alicyclic amines) is 1. The maximum absolute atomic E-state index is 12.6. The molecule has 1 amide bonds. The molecular formula is C22H41N5O. The normalized spacial score (nSPS) is 24.9. The predicted octanol–water partition coefficient (Wildman–Crippen LogP) is 2.60. The monoisotopic (exact) mass is 391 g/mol. The number of hydrogen-bond donors (Lipinski definition) is 2. The highest BCUT2D eigenvalue weighted by Crippen LogP contribution is 2.27. The van der Waals surface area contributed by atoms with Crippen LogP contribution in [0.25, 0.3) is 0 Å². The van der Waals surface area contributed by atoms with E-state index in [2.05, 4.69) is 34.4 Å². The van der Waals surface area contributed by atoms with E-state index in [1.807, 2.05) is 0 Å². The van der Waals surface area contributed by atoms with Gasteiger partial charge in [-0.3, -0.25) is 9.79 Å². The highest BCUT2D eigenvalue weighted by molar-refractivity contribution is 5.81. The Labute approximate surface area is 171 Å². The van der Waals surface area contributed by atoms with E-state index in [0.29, 0.717) is 11.9 Å². The molecule has 160 valence electrons. The third-order valence-electron chi connectivity index (χ3n) is 6.81. The van der Waals surface area contributed by atoms with Crippen LogP contribution < -0.4 is 10.6 Å². The Hall–Kier alpha value is -1.30. The first-order chi connectivity index (χ1) is 13.7. The second-order valence-corrected chi connectivity index (χ2v) is 8.93. The minimum absolute atomic E-state index is 0.288. The van der Waals surface area contributed by atoms with Crippen molar-refractivity contribution in [3.8, 4) is 0 Å². The number of nitrogens with one attached hydrogen (secondary N) is 2. The van der Waals surface area contributed by atoms with Gasteiger partial charge in [0.05, 0.1) is 6.54 Å². The van der Waals surface area contributed by atoms with Gasteiger partial charge < -0.3 is 20.4 Å². The summed E-state index contributed by atoms with van der Waals surface area (Å²) < 4.78 is 0. The third kappa shape index (κ3) is 6.10. The highest BCUT2D eigenvalue weighted by atomic mass is 16.2. The molecule has 2 saturated carbocycles. The fourth-order valence-electron chi connectivity index (χ4n) is 5.05. The van der Waals surface area contributed by atoms with Gasteiger partial charge >= 0.3 is 0 Å². The fraction of sp³-hybridized carbons (Fsp3) is 0.909. The average molecular weight is 392 g/mol. The lowest BCUT2D eigenvalue weighted by molar-refractivity contribution is -0.134. The van der Waals surface area contributed by atoms with Gasteiger partial charge in [0, 0.05) is 44.2 Å². The van der Waals surface area contributed by atoms with Crippen molar-refractivity contribution in [1.29, 1.82) is 0 Å². The summed E-state index contributed by atoms with van der Waals surface area (Å²) in [5, 5.41) is 6.95. The third-order valence-corrected chi connectivity index (χ3v) is 6.81. The van der Waals surface area contributed by atoms with Crippen LogP contribution in [0.15, 0.2) is 4.99 Å². The molecule has 0 spiro atoms. The topological polar surface area (TPSA) is 60.0 Å². The van der Waals surface area contributed by atoms with Gasteiger partial charge in [0.1, 0.15) is 0 Å². The Bertz CT molecular complexity index is 511. The van der Waals surface area contributed by atoms with Gasteiger partial charge in [0.2, 0.25) is 5.91 Å². The predicted molar refractivity (Wildman–Crippen MR) is 116 cm³/mol. The Morgan fingerprint density at radius 1 is 1.07 bits per heavy atom. The second-order valence-electron chi connectivity index (χ2n) is 8.93. The summed E-state index contributed by atoms with van der Waals surface area (Å²) in [6, 6.07) is 1.06. The number of aliphatic imine (C=N–C) groups is 1. The van der Waals surface area contributed by atoms with E-state index in [1.54, 1.807) is 0 Å². The Balaban J connectivity index is 1.43. The largest absolute Gasteiger partial charge is 0.357 e. The molecule has 0 aromatic heterocycles. The van der Waals surface area contributed by atoms with Crippen LogP contribution in [0.1, 0.15) is 71.1 Å². The number of rotatable bonds is 7. The summed E-state index contributed by atoms with van der Waals surface area (Å²) in [6.07, 6.45) is 12.5. The van der Waals surface area contributed by atoms with Gasteiger partial charge in [0.15, 0.2) is 5.96 Å². The Morgan fingerprint density at radius 2 is 1.79 bits per heavy atom. The fourth-order valence-corrected chi connectivity index (χ4v) is 5.05. The molecule has 6 heteroatoms. The van der Waals surface area contributed by atoms with Crippen molar-refractivity contribution in [2.75, 3.05) is 39.8 Å². The lowest BCUT2D eigenvalue weighted by Gasteiger charge is -2.30. The van der Waals surface area contributed by atoms with E-state index in [4.69, 9.17) is 4.99 Å². The first-order valence-electron chi connectivity index (χ1n) is 11.7. The van der Waals surface area contributed by atoms with E-state index in [-0.39, 0.29) is 5.92 Å². The molecule has 2 aliphatic carbocycles. The van der Waals surface area contributed by atoms with Crippen LogP contribution in [0.3, 0.4) is 0 Å². The van der Waals surface area contributed by atoms with Crippen LogP contribution in [0.4, 0.5) is 0 Å². The van der Waals surface area contributed by atoms with Crippen LogP contribution in [0, 0.1) is 5.92 Å². The smallest absolute Gasteiger partial charge is 0.225 e. The molecule has 28 heavy (non-hydrogen) atoms. The summed E-state index contributed by atoms with van der Waals surface area (Å²) in [5.41, 5.74) is 0. The lowest BCUT2D eigenvalue weighted by Crippen LogP contribution is -2.45. The quantitative estimate of drug-likeness (QED) is 0.517. The van der Waals surface area contributed by atoms with Crippen molar-refractivity contribution in [3.63, 3.8) is 0 Å². The molecule has 1 heterocycles. The molecule has 0 bridgehead atoms. The van der Waals surface area contributed by atoms with Gasteiger partial charge in [0.25, 0.3) is 0 Å². The molecule has 1 unspecified atom stereocenters. The first kappa shape index (κ1) is 21.4. The van der Waals surface area contributed by atoms with Crippen LogP contribution in [-0.2, 0) is 4.79 Å². The van der Waals surface area contributed by atoms with Gasteiger partial charge in [-0.25, -0.2) is 0 Å². The minimum atomic E-state index is 0.288. The molecule has 0 radical (unpaired) electrons. The molecule has 3 fully saturated rings. The van der Waals surface area contributed by atoms with Crippen molar-refractivity contribution >= 4 is 11.9 Å². The number of likely N-dealkylation sites (N-methyl/N-ethyl adjacent to an activating group) is 1. The summed E-state index contributed by atoms with van der Waals surface area (Å²) >= 11 is 0. The molecule has 1 saturated heterocycles. The molecule has 1 atom stereocenters. The van der Waals surface area contributed by atoms with Crippen LogP contribution in [0.2, 0.25) is 0 Å². The SMILES string of the molecule is CCNC(=NCCN(C)C1CCCCC1)NC1CCN(C(=O)C2CCCC2)C1. The number of carbonyl (C=O) groups excluding carboxylic acids is 1. The van der Waals surface area contributed by atoms with Crippen LogP contribution in [0.5, 0.6) is 0 Å². The number of carbonyl (C=O) groups is 1. The first-order valence-corrected chi connectivity index (χ1v) is 11.7. The number of guanidine groups is 1. The zero-order valence-corrected chi connectivity index (χ0v) is 18.1. The van der Waals surface area contributed by atoms with Gasteiger partial charge in [-0.2, -0.15) is 0 Å². The Morgan fingerprint density at radius 3 is 2.50 bits per heavy atom. The number of hydrogen-bond acceptors (Lipinski definition) is 3. The van der Waals surface area contributed by atoms with E-state index in [1.165, 1.54) is 44.9 Å². The maximum atomic E-state index is 12.6. The van der Waals surface area contributed by atoms with Crippen molar-refractivity contribution in [1.82, 2.24) is 20.4 Å². The van der Waals surface area contributed by atoms with Gasteiger partial charge in [-0.1, -0.05) is 32.1 Å². The van der Waals surface area contributed by atoms with E-state index < -0.39 is 0 Å². The number of amides is 1. The van der Waals surface area contributed by atoms with E-state index in [9.17, 15) is 4.79 Å². The summed E-state index contributed by atoms with van der Waals surface area (Å²) in [5.74, 6) is 1.58. The molecule has 0 aromatic rings. The van der Waals surface area contributed by atoms with Crippen LogP contribution in [-0.4, -0.2) is 73.5 Å². The minimum Gasteiger partial charge on any atom is -0.357 e. The molecule has 6 nitrogen and oxygen atoms in total. The zero-order valence-electron chi connectivity index (χ0n) is 18.1. The summed E-state index contributed by atoms with van der Waals surface area (Å²) in [6.45, 7) is 6.51. The lowest BCUT2D eigenvalue weighted by atomic mass is 9.94. The van der Waals surface area contributed by atoms with Gasteiger partial charge in [-0.05, 0) is 46.1 Å². The molecule has 0 aromatic carbocycles. The summed E-state index contributed by atoms with van der Waals surface area (Å²) in [4.78, 5) is 22.0. The Kier molecular flexibility index (Phi) is 8.44. The average Bonchev–Trinajstić information content (AvgIpc) is 3.40. The van der Waals surface area contributed by atoms with E-state index >= 15 is 0 Å². The molecule has 2 N–H and O–H groups in total. The zero-order chi connectivity index (χ0) is 19.8. The van der Waals surface area contributed by atoms with Crippen molar-refractivity contribution < 1.29 is 4.79 Å². The molecule has 1 aliphatic heterocycles. The number of nitrogens with zero attached hydrogens (tertiary/aromatic N) is 3. The maximum Gasteiger partial charge on any atom is 0.225 e. The molecule has 3 rings (SSSR count). The van der Waals surface area contributed by atoms with E-state index in [0.717, 1.165) is 64.0 Å². The van der Waals surface area contributed by atoms with Crippen molar-refractivity contribution in [2.45, 2.75) is 83.2 Å². The van der Waals surface area contributed by atoms with Crippen molar-refractivity contribution in [3.05, 3.63) is 0 Å². The molecule has 3 aliphatic rings. The van der Waals surface area contributed by atoms with Crippen LogP contribution >= 0.6 is 0 Å². The standard InChI is InChI=1S/C22H41N5O/c1-3-23-22(24-14-16-26(2)20-11-5-4-6-12-20)25-19-13-15-27(17-19)21(28)18-9-7-8-10-18/h18-20H,3-17H2,1-2H3,(H2,23,24,25). The molecular weight excluding hydrogens is 350 g/mol. The van der Waals surface area contributed by atoms with Gasteiger partial charge in [-0.15, -0.1) is 0 Å².